The van der Waals surface area contributed by atoms with Crippen LogP contribution >= 0.6 is 0 Å². The van der Waals surface area contributed by atoms with E-state index in [9.17, 15) is 15.0 Å². The Morgan fingerprint density at radius 2 is 1.36 bits per heavy atom. The van der Waals surface area contributed by atoms with E-state index in [2.05, 4.69) is 0 Å². The fraction of sp³-hybridized carbons (Fsp3) is 0.375. The zero-order valence-corrected chi connectivity index (χ0v) is 17.6. The average molecular weight is 380 g/mol. The van der Waals surface area contributed by atoms with Gasteiger partial charge >= 0.3 is 0 Å². The van der Waals surface area contributed by atoms with Gasteiger partial charge in [-0.3, -0.25) is 4.79 Å². The van der Waals surface area contributed by atoms with Gasteiger partial charge in [0.1, 0.15) is 11.3 Å². The van der Waals surface area contributed by atoms with Crippen molar-refractivity contribution in [2.75, 3.05) is 0 Å². The van der Waals surface area contributed by atoms with Crippen molar-refractivity contribution in [1.29, 1.82) is 0 Å². The molecule has 0 radical (unpaired) electrons. The van der Waals surface area contributed by atoms with Crippen LogP contribution in [0.4, 0.5) is 0 Å². The van der Waals surface area contributed by atoms with E-state index in [1.165, 1.54) is 0 Å². The van der Waals surface area contributed by atoms with Crippen molar-refractivity contribution < 1.29 is 14.6 Å². The summed E-state index contributed by atoms with van der Waals surface area (Å²) in [5.41, 5.74) is 2.32. The Kier molecular flexibility index (Phi) is 4.57. The van der Waals surface area contributed by atoms with Crippen LogP contribution in [0.2, 0.25) is 0 Å². The Morgan fingerprint density at radius 1 is 0.821 bits per heavy atom. The largest absolute Gasteiger partial charge is 0.507 e. The lowest BCUT2D eigenvalue weighted by Crippen LogP contribution is -2.17. The normalized spacial score (nSPS) is 12.5. The molecule has 0 aliphatic carbocycles. The molecule has 0 spiro atoms. The third-order valence-electron chi connectivity index (χ3n) is 5.01. The van der Waals surface area contributed by atoms with Gasteiger partial charge in [-0.1, -0.05) is 47.6 Å². The van der Waals surface area contributed by atoms with Crippen molar-refractivity contribution in [3.8, 4) is 22.8 Å². The lowest BCUT2D eigenvalue weighted by atomic mass is 9.78. The molecule has 0 aliphatic heterocycles. The van der Waals surface area contributed by atoms with Crippen LogP contribution in [0.1, 0.15) is 58.2 Å². The van der Waals surface area contributed by atoms with Gasteiger partial charge in [0.25, 0.3) is 0 Å². The highest BCUT2D eigenvalue weighted by atomic mass is 16.4. The molecule has 28 heavy (non-hydrogen) atoms. The van der Waals surface area contributed by atoms with Crippen LogP contribution in [-0.2, 0) is 10.8 Å². The van der Waals surface area contributed by atoms with Crippen LogP contribution < -0.4 is 5.43 Å². The van der Waals surface area contributed by atoms with Crippen LogP contribution in [0.15, 0.2) is 39.5 Å². The number of rotatable bonds is 1. The number of hydrogen-bond acceptors (Lipinski definition) is 4. The van der Waals surface area contributed by atoms with Gasteiger partial charge in [0.15, 0.2) is 5.76 Å². The van der Waals surface area contributed by atoms with Crippen LogP contribution in [0.3, 0.4) is 0 Å². The monoisotopic (exact) mass is 380 g/mol. The third-order valence-corrected chi connectivity index (χ3v) is 5.01. The first-order valence-electron chi connectivity index (χ1n) is 9.45. The van der Waals surface area contributed by atoms with Crippen molar-refractivity contribution in [2.45, 2.75) is 59.3 Å². The summed E-state index contributed by atoms with van der Waals surface area (Å²) in [6.45, 7) is 14.0. The van der Waals surface area contributed by atoms with Gasteiger partial charge in [0, 0.05) is 16.7 Å². The van der Waals surface area contributed by atoms with E-state index in [0.29, 0.717) is 16.5 Å². The van der Waals surface area contributed by atoms with E-state index in [4.69, 9.17) is 4.42 Å². The second-order valence-corrected chi connectivity index (χ2v) is 9.53. The molecule has 3 rings (SSSR count). The minimum absolute atomic E-state index is 0.124. The molecule has 0 unspecified atom stereocenters. The Hall–Kier alpha value is -2.75. The summed E-state index contributed by atoms with van der Waals surface area (Å²) in [5, 5.41) is 21.9. The summed E-state index contributed by atoms with van der Waals surface area (Å²) in [7, 11) is 0. The van der Waals surface area contributed by atoms with E-state index < -0.39 is 11.2 Å². The highest BCUT2D eigenvalue weighted by Gasteiger charge is 2.28. The molecule has 1 heterocycles. The van der Waals surface area contributed by atoms with Crippen LogP contribution in [0.25, 0.3) is 22.3 Å². The Labute approximate surface area is 165 Å². The Balaban J connectivity index is 2.41. The van der Waals surface area contributed by atoms with Crippen LogP contribution in [0, 0.1) is 6.92 Å². The summed E-state index contributed by atoms with van der Waals surface area (Å²) >= 11 is 0. The minimum atomic E-state index is -0.459. The number of hydrogen-bond donors (Lipinski definition) is 2. The molecule has 3 aromatic rings. The molecule has 0 saturated carbocycles. The summed E-state index contributed by atoms with van der Waals surface area (Å²) in [5.74, 6) is -0.0527. The zero-order valence-electron chi connectivity index (χ0n) is 17.6. The fourth-order valence-electron chi connectivity index (χ4n) is 3.40. The van der Waals surface area contributed by atoms with Gasteiger partial charge in [-0.25, -0.2) is 0 Å². The van der Waals surface area contributed by atoms with Gasteiger partial charge in [-0.2, -0.15) is 0 Å². The molecule has 0 saturated heterocycles. The molecular weight excluding hydrogens is 352 g/mol. The predicted molar refractivity (Wildman–Crippen MR) is 113 cm³/mol. The standard InChI is InChI=1S/C24H28O4/c1-13-8-9-15-18(10-13)28-22(21(27)19(15)25)14-11-16(23(2,3)4)20(26)17(12-14)24(5,6)7/h8-12,26-27H,1-7H3. The maximum absolute atomic E-state index is 12.7. The van der Waals surface area contributed by atoms with Crippen molar-refractivity contribution in [3.63, 3.8) is 0 Å². The number of aromatic hydroxyl groups is 2. The summed E-state index contributed by atoms with van der Waals surface area (Å²) in [6, 6.07) is 8.86. The van der Waals surface area contributed by atoms with Crippen LogP contribution in [0.5, 0.6) is 11.5 Å². The first kappa shape index (κ1) is 20.0. The van der Waals surface area contributed by atoms with Crippen molar-refractivity contribution >= 4 is 11.0 Å². The molecule has 4 nitrogen and oxygen atoms in total. The highest BCUT2D eigenvalue weighted by molar-refractivity contribution is 5.82. The first-order valence-corrected chi connectivity index (χ1v) is 9.45. The lowest BCUT2D eigenvalue weighted by molar-refractivity contribution is 0.422. The Morgan fingerprint density at radius 3 is 1.86 bits per heavy atom. The molecule has 1 aromatic heterocycles. The lowest BCUT2D eigenvalue weighted by Gasteiger charge is -2.28. The highest BCUT2D eigenvalue weighted by Crippen LogP contribution is 2.43. The van der Waals surface area contributed by atoms with E-state index in [-0.39, 0.29) is 22.3 Å². The molecular formula is C24H28O4. The van der Waals surface area contributed by atoms with Crippen molar-refractivity contribution in [3.05, 3.63) is 57.2 Å². The quantitative estimate of drug-likeness (QED) is 0.562. The fourth-order valence-corrected chi connectivity index (χ4v) is 3.40. The smallest absolute Gasteiger partial charge is 0.235 e. The molecule has 4 heteroatoms. The second-order valence-electron chi connectivity index (χ2n) is 9.53. The van der Waals surface area contributed by atoms with E-state index in [1.54, 1.807) is 24.3 Å². The van der Waals surface area contributed by atoms with E-state index in [0.717, 1.165) is 16.7 Å². The minimum Gasteiger partial charge on any atom is -0.507 e. The van der Waals surface area contributed by atoms with Crippen molar-refractivity contribution in [2.24, 2.45) is 0 Å². The average Bonchev–Trinajstić information content (AvgIpc) is 2.56. The van der Waals surface area contributed by atoms with Gasteiger partial charge in [0.2, 0.25) is 11.2 Å². The number of benzene rings is 2. The molecule has 0 fully saturated rings. The topological polar surface area (TPSA) is 70.7 Å². The number of fused-ring (bicyclic) bond motifs is 1. The predicted octanol–water partition coefficient (Wildman–Crippen LogP) is 5.77. The second kappa shape index (κ2) is 6.40. The van der Waals surface area contributed by atoms with Crippen LogP contribution in [-0.4, -0.2) is 10.2 Å². The molecule has 2 aromatic carbocycles. The van der Waals surface area contributed by atoms with Gasteiger partial charge in [0.05, 0.1) is 5.39 Å². The van der Waals surface area contributed by atoms with Gasteiger partial charge in [-0.05, 0) is 47.6 Å². The van der Waals surface area contributed by atoms with E-state index in [1.807, 2.05) is 54.5 Å². The zero-order chi connectivity index (χ0) is 21.0. The maximum atomic E-state index is 12.7. The SMILES string of the molecule is Cc1ccc2c(=O)c(O)c(-c3cc(C(C)(C)C)c(O)c(C(C)(C)C)c3)oc2c1. The van der Waals surface area contributed by atoms with Gasteiger partial charge in [-0.15, -0.1) is 0 Å². The maximum Gasteiger partial charge on any atom is 0.235 e. The van der Waals surface area contributed by atoms with Crippen molar-refractivity contribution in [1.82, 2.24) is 0 Å². The summed E-state index contributed by atoms with van der Waals surface area (Å²) < 4.78 is 5.98. The first-order chi connectivity index (χ1) is 12.8. The molecule has 0 atom stereocenters. The number of phenols is 1. The van der Waals surface area contributed by atoms with Gasteiger partial charge < -0.3 is 14.6 Å². The summed E-state index contributed by atoms with van der Waals surface area (Å²) in [6.07, 6.45) is 0. The molecule has 148 valence electrons. The molecule has 0 amide bonds. The van der Waals surface area contributed by atoms with E-state index >= 15 is 0 Å². The molecule has 0 aliphatic rings. The molecule has 0 bridgehead atoms. The Bertz CT molecular complexity index is 1090. The number of aryl methyl sites for hydroxylation is 1. The summed E-state index contributed by atoms with van der Waals surface area (Å²) in [4.78, 5) is 12.7. The number of phenolic OH excluding ortho intramolecular Hbond substituents is 1. The third kappa shape index (κ3) is 3.39. The molecule has 2 N–H and O–H groups in total.